The second-order valence-corrected chi connectivity index (χ2v) is 9.43. The van der Waals surface area contributed by atoms with Crippen LogP contribution in [0.4, 0.5) is 0 Å². The summed E-state index contributed by atoms with van der Waals surface area (Å²) in [5.41, 5.74) is 1.51. The van der Waals surface area contributed by atoms with Crippen LogP contribution in [0.5, 0.6) is 0 Å². The van der Waals surface area contributed by atoms with E-state index in [4.69, 9.17) is 4.74 Å². The van der Waals surface area contributed by atoms with Gasteiger partial charge in [0.25, 0.3) is 11.5 Å². The lowest BCUT2D eigenvalue weighted by Crippen LogP contribution is -2.43. The number of rotatable bonds is 3. The predicted octanol–water partition coefficient (Wildman–Crippen LogP) is 0.771. The van der Waals surface area contributed by atoms with Gasteiger partial charge in [-0.05, 0) is 12.8 Å². The van der Waals surface area contributed by atoms with Gasteiger partial charge >= 0.3 is 0 Å². The quantitative estimate of drug-likeness (QED) is 0.742. The average molecular weight is 413 g/mol. The molecule has 2 aromatic rings. The highest BCUT2D eigenvalue weighted by Gasteiger charge is 2.42. The Hall–Kier alpha value is -2.68. The molecule has 1 saturated carbocycles. The van der Waals surface area contributed by atoms with E-state index in [2.05, 4.69) is 5.10 Å². The molecule has 160 valence electrons. The normalized spacial score (nSPS) is 19.6. The monoisotopic (exact) mass is 413 g/mol. The Bertz CT molecular complexity index is 1100. The molecule has 0 bridgehead atoms. The Morgan fingerprint density at radius 1 is 1.20 bits per heavy atom. The van der Waals surface area contributed by atoms with Crippen LogP contribution < -0.4 is 5.56 Å². The molecule has 4 heterocycles. The Balaban J connectivity index is 1.65. The fraction of sp³-hybridized carbons (Fsp3) is 0.619. The molecular formula is C21H27N5O4. The van der Waals surface area contributed by atoms with Gasteiger partial charge in [-0.2, -0.15) is 9.61 Å². The number of nitrogens with zero attached hydrogens (tertiary/aromatic N) is 5. The number of hydrogen-bond acceptors (Lipinski definition) is 5. The smallest absolute Gasteiger partial charge is 0.280 e. The van der Waals surface area contributed by atoms with Gasteiger partial charge in [0.2, 0.25) is 5.91 Å². The van der Waals surface area contributed by atoms with Crippen LogP contribution in [0, 0.1) is 0 Å². The number of carbonyl (C=O) groups excluding carboxylic acids is 2. The van der Waals surface area contributed by atoms with Crippen molar-refractivity contribution in [3.63, 3.8) is 0 Å². The third kappa shape index (κ3) is 3.03. The fourth-order valence-electron chi connectivity index (χ4n) is 4.24. The van der Waals surface area contributed by atoms with Crippen molar-refractivity contribution in [1.82, 2.24) is 24.0 Å². The average Bonchev–Trinajstić information content (AvgIpc) is 3.34. The summed E-state index contributed by atoms with van der Waals surface area (Å²) in [6.07, 6.45) is 1.93. The van der Waals surface area contributed by atoms with Crippen LogP contribution in [0.2, 0.25) is 0 Å². The van der Waals surface area contributed by atoms with Crippen LogP contribution in [-0.4, -0.2) is 68.1 Å². The molecule has 9 nitrogen and oxygen atoms in total. The molecule has 1 aliphatic carbocycles. The number of aromatic nitrogens is 3. The summed E-state index contributed by atoms with van der Waals surface area (Å²) in [6.45, 7) is 8.47. The highest BCUT2D eigenvalue weighted by atomic mass is 16.5. The Morgan fingerprint density at radius 2 is 1.90 bits per heavy atom. The van der Waals surface area contributed by atoms with Gasteiger partial charge in [0.05, 0.1) is 31.0 Å². The number of carbonyl (C=O) groups is 2. The van der Waals surface area contributed by atoms with Crippen molar-refractivity contribution in [2.24, 2.45) is 0 Å². The molecule has 2 fully saturated rings. The summed E-state index contributed by atoms with van der Waals surface area (Å²) < 4.78 is 8.43. The summed E-state index contributed by atoms with van der Waals surface area (Å²) in [5.74, 6) is -0.234. The lowest BCUT2D eigenvalue weighted by molar-refractivity contribution is -0.135. The van der Waals surface area contributed by atoms with E-state index in [0.29, 0.717) is 49.8 Å². The standard InChI is InChI=1S/C21H27N5O4/c1-21(2,3)15-10-16-25(12-17(27)23-6-8-30-9-7-23)18-14(19(28)26(16)22-15)11-24(20(18)29)13-4-5-13/h10,13H,4-9,11-12H2,1-3H3. The first-order valence-electron chi connectivity index (χ1n) is 10.6. The number of amides is 2. The van der Waals surface area contributed by atoms with Crippen molar-refractivity contribution < 1.29 is 14.3 Å². The van der Waals surface area contributed by atoms with Crippen LogP contribution in [0.15, 0.2) is 10.9 Å². The van der Waals surface area contributed by atoms with Crippen LogP contribution in [0.1, 0.15) is 55.4 Å². The van der Waals surface area contributed by atoms with Gasteiger partial charge in [-0.15, -0.1) is 0 Å². The van der Waals surface area contributed by atoms with E-state index in [-0.39, 0.29) is 35.4 Å². The van der Waals surface area contributed by atoms with E-state index < -0.39 is 0 Å². The van der Waals surface area contributed by atoms with Gasteiger partial charge in [-0.3, -0.25) is 14.4 Å². The van der Waals surface area contributed by atoms with Crippen LogP contribution in [-0.2, 0) is 28.0 Å². The number of fused-ring (bicyclic) bond motifs is 2. The third-order valence-electron chi connectivity index (χ3n) is 6.18. The van der Waals surface area contributed by atoms with Crippen LogP contribution in [0.25, 0.3) is 5.65 Å². The molecule has 2 aromatic heterocycles. The molecule has 2 aliphatic heterocycles. The molecule has 3 aliphatic rings. The van der Waals surface area contributed by atoms with E-state index >= 15 is 0 Å². The summed E-state index contributed by atoms with van der Waals surface area (Å²) >= 11 is 0. The summed E-state index contributed by atoms with van der Waals surface area (Å²) in [7, 11) is 0. The first kappa shape index (κ1) is 19.3. The number of ether oxygens (including phenoxy) is 1. The summed E-state index contributed by atoms with van der Waals surface area (Å²) in [5, 5.41) is 4.56. The molecule has 9 heteroatoms. The van der Waals surface area contributed by atoms with Crippen molar-refractivity contribution in [3.05, 3.63) is 33.4 Å². The third-order valence-corrected chi connectivity index (χ3v) is 6.18. The van der Waals surface area contributed by atoms with Gasteiger partial charge in [0, 0.05) is 30.6 Å². The van der Waals surface area contributed by atoms with Crippen molar-refractivity contribution >= 4 is 17.5 Å². The van der Waals surface area contributed by atoms with E-state index in [1.54, 1.807) is 14.4 Å². The predicted molar refractivity (Wildman–Crippen MR) is 108 cm³/mol. The molecule has 0 spiro atoms. The van der Waals surface area contributed by atoms with E-state index in [9.17, 15) is 14.4 Å². The fourth-order valence-corrected chi connectivity index (χ4v) is 4.24. The zero-order valence-corrected chi connectivity index (χ0v) is 17.7. The van der Waals surface area contributed by atoms with Crippen molar-refractivity contribution in [3.8, 4) is 0 Å². The maximum absolute atomic E-state index is 13.2. The molecule has 0 aromatic carbocycles. The lowest BCUT2D eigenvalue weighted by Gasteiger charge is -2.27. The van der Waals surface area contributed by atoms with Gasteiger partial charge in [-0.25, -0.2) is 0 Å². The first-order chi connectivity index (χ1) is 14.3. The van der Waals surface area contributed by atoms with Crippen molar-refractivity contribution in [2.45, 2.75) is 58.2 Å². The van der Waals surface area contributed by atoms with Crippen LogP contribution in [0.3, 0.4) is 0 Å². The second-order valence-electron chi connectivity index (χ2n) is 9.43. The Kier molecular flexibility index (Phi) is 4.29. The van der Waals surface area contributed by atoms with Crippen LogP contribution >= 0.6 is 0 Å². The minimum Gasteiger partial charge on any atom is -0.378 e. The maximum Gasteiger partial charge on any atom is 0.280 e. The Morgan fingerprint density at radius 3 is 2.53 bits per heavy atom. The van der Waals surface area contributed by atoms with Crippen molar-refractivity contribution in [1.29, 1.82) is 0 Å². The van der Waals surface area contributed by atoms with Gasteiger partial charge in [-0.1, -0.05) is 20.8 Å². The molecule has 0 radical (unpaired) electrons. The highest BCUT2D eigenvalue weighted by molar-refractivity contribution is 5.98. The number of hydrogen-bond donors (Lipinski definition) is 0. The molecule has 1 saturated heterocycles. The second kappa shape index (κ2) is 6.66. The SMILES string of the molecule is CC(C)(C)c1cc2n(CC(=O)N3CCOCC3)c3c(c(=O)n2n1)CN(C1CC1)C3=O. The first-order valence-corrected chi connectivity index (χ1v) is 10.6. The maximum atomic E-state index is 13.2. The lowest BCUT2D eigenvalue weighted by atomic mass is 9.93. The van der Waals surface area contributed by atoms with Gasteiger partial charge < -0.3 is 19.1 Å². The molecule has 5 rings (SSSR count). The van der Waals surface area contributed by atoms with E-state index in [0.717, 1.165) is 18.5 Å². The zero-order valence-electron chi connectivity index (χ0n) is 17.7. The largest absolute Gasteiger partial charge is 0.378 e. The molecular weight excluding hydrogens is 386 g/mol. The number of morpholine rings is 1. The molecule has 2 amide bonds. The minimum absolute atomic E-state index is 0.00559. The van der Waals surface area contributed by atoms with Gasteiger partial charge in [0.1, 0.15) is 17.9 Å². The summed E-state index contributed by atoms with van der Waals surface area (Å²) in [6, 6.07) is 2.03. The minimum atomic E-state index is -0.265. The topological polar surface area (TPSA) is 89.2 Å². The molecule has 0 N–H and O–H groups in total. The molecule has 0 atom stereocenters. The zero-order chi connectivity index (χ0) is 21.2. The molecule has 0 unspecified atom stereocenters. The molecule has 30 heavy (non-hydrogen) atoms. The Labute approximate surface area is 174 Å². The summed E-state index contributed by atoms with van der Waals surface area (Å²) in [4.78, 5) is 43.1. The van der Waals surface area contributed by atoms with E-state index in [1.807, 2.05) is 26.8 Å². The highest BCUT2D eigenvalue weighted by Crippen LogP contribution is 2.34. The van der Waals surface area contributed by atoms with Gasteiger partial charge in [0.15, 0.2) is 0 Å². The van der Waals surface area contributed by atoms with E-state index in [1.165, 1.54) is 4.52 Å². The van der Waals surface area contributed by atoms with Crippen molar-refractivity contribution in [2.75, 3.05) is 26.3 Å².